The molecule has 0 aromatic heterocycles. The topological polar surface area (TPSA) is 78.8 Å². The van der Waals surface area contributed by atoms with Gasteiger partial charge >= 0.3 is 5.97 Å². The number of carboxylic acid groups (broad SMARTS) is 1. The number of allylic oxidation sites excluding steroid dienone is 2. The normalized spacial score (nSPS) is 17.6. The SMILES string of the molecule is CC(/C=C1\SC(=Nc2ccc(C(=O)O)cc2)NC1=O)=C\c1ccccc1. The maximum absolute atomic E-state index is 12.1. The fraction of sp³-hybridized carbons (Fsp3) is 0.0500. The summed E-state index contributed by atoms with van der Waals surface area (Å²) in [6.07, 6.45) is 3.82. The Hall–Kier alpha value is -3.12. The van der Waals surface area contributed by atoms with Gasteiger partial charge in [0.1, 0.15) is 0 Å². The van der Waals surface area contributed by atoms with Gasteiger partial charge in [0.2, 0.25) is 0 Å². The first-order chi connectivity index (χ1) is 12.5. The number of rotatable bonds is 4. The van der Waals surface area contributed by atoms with Crippen LogP contribution in [0.5, 0.6) is 0 Å². The van der Waals surface area contributed by atoms with Gasteiger partial charge in [-0.1, -0.05) is 36.4 Å². The van der Waals surface area contributed by atoms with E-state index in [0.717, 1.165) is 11.1 Å². The van der Waals surface area contributed by atoms with E-state index in [4.69, 9.17) is 5.11 Å². The van der Waals surface area contributed by atoms with Gasteiger partial charge in [-0.3, -0.25) is 4.79 Å². The Morgan fingerprint density at radius 3 is 2.46 bits per heavy atom. The molecule has 2 aromatic rings. The minimum absolute atomic E-state index is 0.194. The van der Waals surface area contributed by atoms with E-state index in [1.165, 1.54) is 23.9 Å². The van der Waals surface area contributed by atoms with Crippen molar-refractivity contribution in [1.29, 1.82) is 0 Å². The molecule has 1 aliphatic rings. The van der Waals surface area contributed by atoms with Gasteiger partial charge in [0.15, 0.2) is 5.17 Å². The summed E-state index contributed by atoms with van der Waals surface area (Å²) in [4.78, 5) is 27.9. The van der Waals surface area contributed by atoms with Gasteiger partial charge in [-0.05, 0) is 60.2 Å². The molecule has 1 heterocycles. The molecule has 1 amide bonds. The van der Waals surface area contributed by atoms with E-state index in [9.17, 15) is 9.59 Å². The summed E-state index contributed by atoms with van der Waals surface area (Å²) in [5.74, 6) is -1.18. The summed E-state index contributed by atoms with van der Waals surface area (Å²) in [5, 5.41) is 12.1. The Morgan fingerprint density at radius 2 is 1.81 bits per heavy atom. The number of carboxylic acids is 1. The highest BCUT2D eigenvalue weighted by atomic mass is 32.2. The fourth-order valence-electron chi connectivity index (χ4n) is 2.34. The molecule has 130 valence electrons. The second-order valence-corrected chi connectivity index (χ2v) is 6.66. The number of carbonyl (C=O) groups excluding carboxylic acids is 1. The first-order valence-corrected chi connectivity index (χ1v) is 8.69. The average molecular weight is 364 g/mol. The largest absolute Gasteiger partial charge is 0.478 e. The highest BCUT2D eigenvalue weighted by Crippen LogP contribution is 2.27. The van der Waals surface area contributed by atoms with Crippen LogP contribution in [-0.4, -0.2) is 22.2 Å². The van der Waals surface area contributed by atoms with Crippen molar-refractivity contribution in [2.24, 2.45) is 4.99 Å². The van der Waals surface area contributed by atoms with Crippen LogP contribution in [0.3, 0.4) is 0 Å². The highest BCUT2D eigenvalue weighted by molar-refractivity contribution is 8.18. The Kier molecular flexibility index (Phi) is 5.34. The molecule has 0 bridgehead atoms. The van der Waals surface area contributed by atoms with E-state index >= 15 is 0 Å². The van der Waals surface area contributed by atoms with E-state index in [1.807, 2.05) is 49.4 Å². The molecule has 0 spiro atoms. The van der Waals surface area contributed by atoms with E-state index < -0.39 is 5.97 Å². The van der Waals surface area contributed by atoms with Crippen molar-refractivity contribution >= 4 is 40.6 Å². The molecule has 0 saturated carbocycles. The minimum atomic E-state index is -0.987. The van der Waals surface area contributed by atoms with Crippen molar-refractivity contribution in [2.75, 3.05) is 0 Å². The lowest BCUT2D eigenvalue weighted by atomic mass is 10.1. The molecule has 0 atom stereocenters. The van der Waals surface area contributed by atoms with Gasteiger partial charge in [-0.25, -0.2) is 9.79 Å². The standard InChI is InChI=1S/C20H16N2O3S/c1-13(11-14-5-3-2-4-6-14)12-17-18(23)22-20(26-17)21-16-9-7-15(8-10-16)19(24)25/h2-12H,1H3,(H,24,25)(H,21,22,23)/b13-11+,17-12-. The summed E-state index contributed by atoms with van der Waals surface area (Å²) in [7, 11) is 0. The van der Waals surface area contributed by atoms with Crippen LogP contribution in [0.4, 0.5) is 5.69 Å². The number of aromatic carboxylic acids is 1. The highest BCUT2D eigenvalue weighted by Gasteiger charge is 2.23. The van der Waals surface area contributed by atoms with Gasteiger partial charge in [0, 0.05) is 0 Å². The third-order valence-electron chi connectivity index (χ3n) is 3.55. The molecule has 1 saturated heterocycles. The number of benzene rings is 2. The molecule has 5 nitrogen and oxygen atoms in total. The third-order valence-corrected chi connectivity index (χ3v) is 4.46. The van der Waals surface area contributed by atoms with Crippen LogP contribution in [-0.2, 0) is 4.79 Å². The molecule has 0 radical (unpaired) electrons. The van der Waals surface area contributed by atoms with Gasteiger partial charge in [0.25, 0.3) is 5.91 Å². The van der Waals surface area contributed by atoms with Crippen molar-refractivity contribution in [3.05, 3.63) is 82.3 Å². The zero-order valence-corrected chi connectivity index (χ0v) is 14.8. The monoisotopic (exact) mass is 364 g/mol. The third kappa shape index (κ3) is 4.49. The number of carbonyl (C=O) groups is 2. The van der Waals surface area contributed by atoms with E-state index in [0.29, 0.717) is 15.8 Å². The number of amides is 1. The maximum atomic E-state index is 12.1. The van der Waals surface area contributed by atoms with Crippen molar-refractivity contribution in [3.8, 4) is 0 Å². The maximum Gasteiger partial charge on any atom is 0.335 e. The summed E-state index contributed by atoms with van der Waals surface area (Å²) in [6.45, 7) is 1.94. The Labute approximate surface area is 155 Å². The Bertz CT molecular complexity index is 929. The predicted octanol–water partition coefficient (Wildman–Crippen LogP) is 4.22. The molecular weight excluding hydrogens is 348 g/mol. The van der Waals surface area contributed by atoms with Crippen LogP contribution in [0.2, 0.25) is 0 Å². The number of nitrogens with one attached hydrogen (secondary N) is 1. The van der Waals surface area contributed by atoms with Crippen molar-refractivity contribution < 1.29 is 14.7 Å². The summed E-state index contributed by atoms with van der Waals surface area (Å²) < 4.78 is 0. The van der Waals surface area contributed by atoms with Crippen molar-refractivity contribution in [1.82, 2.24) is 5.32 Å². The van der Waals surface area contributed by atoms with E-state index in [-0.39, 0.29) is 11.5 Å². The lowest BCUT2D eigenvalue weighted by molar-refractivity contribution is -0.115. The lowest BCUT2D eigenvalue weighted by Crippen LogP contribution is -2.19. The first kappa shape index (κ1) is 17.7. The van der Waals surface area contributed by atoms with Gasteiger partial charge < -0.3 is 10.4 Å². The van der Waals surface area contributed by atoms with E-state index in [2.05, 4.69) is 10.3 Å². The molecule has 0 aliphatic carbocycles. The van der Waals surface area contributed by atoms with Crippen LogP contribution >= 0.6 is 11.8 Å². The average Bonchev–Trinajstić information content (AvgIpc) is 2.95. The second kappa shape index (κ2) is 7.84. The summed E-state index contributed by atoms with van der Waals surface area (Å²) in [6, 6.07) is 16.0. The molecular formula is C20H16N2O3S. The Morgan fingerprint density at radius 1 is 1.12 bits per heavy atom. The zero-order valence-electron chi connectivity index (χ0n) is 14.0. The first-order valence-electron chi connectivity index (χ1n) is 7.87. The van der Waals surface area contributed by atoms with Gasteiger partial charge in [0.05, 0.1) is 16.2 Å². The number of thioether (sulfide) groups is 1. The predicted molar refractivity (Wildman–Crippen MR) is 104 cm³/mol. The van der Waals surface area contributed by atoms with Crippen LogP contribution in [0.25, 0.3) is 6.08 Å². The minimum Gasteiger partial charge on any atom is -0.478 e. The van der Waals surface area contributed by atoms with E-state index in [1.54, 1.807) is 12.1 Å². The number of aliphatic imine (C=N–C) groups is 1. The zero-order chi connectivity index (χ0) is 18.5. The second-order valence-electron chi connectivity index (χ2n) is 5.63. The smallest absolute Gasteiger partial charge is 0.335 e. The fourth-order valence-corrected chi connectivity index (χ4v) is 3.23. The lowest BCUT2D eigenvalue weighted by Gasteiger charge is -1.98. The molecule has 1 aliphatic heterocycles. The molecule has 3 rings (SSSR count). The molecule has 1 fully saturated rings. The van der Waals surface area contributed by atoms with Gasteiger partial charge in [-0.15, -0.1) is 0 Å². The molecule has 2 N–H and O–H groups in total. The summed E-state index contributed by atoms with van der Waals surface area (Å²) >= 11 is 1.26. The number of hydrogen-bond donors (Lipinski definition) is 2. The summed E-state index contributed by atoms with van der Waals surface area (Å²) in [5.41, 5.74) is 2.80. The van der Waals surface area contributed by atoms with Crippen molar-refractivity contribution in [2.45, 2.75) is 6.92 Å². The Balaban J connectivity index is 1.75. The van der Waals surface area contributed by atoms with Gasteiger partial charge in [-0.2, -0.15) is 0 Å². The van der Waals surface area contributed by atoms with Crippen molar-refractivity contribution in [3.63, 3.8) is 0 Å². The quantitative estimate of drug-likeness (QED) is 0.796. The van der Waals surface area contributed by atoms with Crippen LogP contribution in [0, 0.1) is 0 Å². The van der Waals surface area contributed by atoms with Crippen LogP contribution in [0.15, 0.2) is 76.1 Å². The molecule has 6 heteroatoms. The number of amidine groups is 1. The molecule has 26 heavy (non-hydrogen) atoms. The molecule has 0 unspecified atom stereocenters. The van der Waals surface area contributed by atoms with Crippen LogP contribution < -0.4 is 5.32 Å². The number of hydrogen-bond acceptors (Lipinski definition) is 4. The number of nitrogens with zero attached hydrogens (tertiary/aromatic N) is 1. The van der Waals surface area contributed by atoms with Crippen LogP contribution in [0.1, 0.15) is 22.8 Å². The molecule has 2 aromatic carbocycles.